The van der Waals surface area contributed by atoms with E-state index in [1.165, 1.54) is 24.3 Å². The zero-order valence-corrected chi connectivity index (χ0v) is 12.0. The lowest BCUT2D eigenvalue weighted by Gasteiger charge is -2.35. The summed E-state index contributed by atoms with van der Waals surface area (Å²) in [5.74, 6) is -6.37. The minimum Gasteiger partial charge on any atom is -0.481 e. The molecule has 1 aromatic carbocycles. The fraction of sp³-hybridized carbons (Fsp3) is 0.214. The maximum Gasteiger partial charge on any atom is 0.353 e. The molecule has 0 amide bonds. The van der Waals surface area contributed by atoms with Crippen LogP contribution in [-0.2, 0) is 19.2 Å². The van der Waals surface area contributed by atoms with Crippen LogP contribution in [0.1, 0.15) is 6.42 Å². The number of aliphatic carboxylic acids is 4. The Morgan fingerprint density at radius 3 is 2.04 bits per heavy atom. The van der Waals surface area contributed by atoms with E-state index in [-0.39, 0.29) is 11.4 Å². The molecule has 0 aromatic heterocycles. The van der Waals surface area contributed by atoms with Gasteiger partial charge in [0.05, 0.1) is 12.1 Å². The van der Waals surface area contributed by atoms with Crippen molar-refractivity contribution < 1.29 is 39.6 Å². The Morgan fingerprint density at radius 2 is 1.62 bits per heavy atom. The first-order valence-electron chi connectivity index (χ1n) is 6.60. The zero-order chi connectivity index (χ0) is 18.0. The third kappa shape index (κ3) is 3.16. The Balaban J connectivity index is 2.70. The second-order valence-electron chi connectivity index (χ2n) is 4.92. The van der Waals surface area contributed by atoms with E-state index in [1.807, 2.05) is 0 Å². The van der Waals surface area contributed by atoms with Gasteiger partial charge >= 0.3 is 23.9 Å². The van der Waals surface area contributed by atoms with Crippen molar-refractivity contribution in [2.75, 3.05) is 4.90 Å². The number of carboxylic acids is 4. The van der Waals surface area contributed by atoms with Gasteiger partial charge in [-0.3, -0.25) is 4.79 Å². The monoisotopic (exact) mass is 336 g/mol. The number of aliphatic imine (C=N–C) groups is 1. The molecule has 2 aliphatic rings. The van der Waals surface area contributed by atoms with Crippen molar-refractivity contribution in [1.29, 1.82) is 0 Å². The van der Waals surface area contributed by atoms with Gasteiger partial charge in [0, 0.05) is 5.69 Å². The Morgan fingerprint density at radius 1 is 1.04 bits per heavy atom. The lowest BCUT2D eigenvalue weighted by molar-refractivity contribution is -0.146. The summed E-state index contributed by atoms with van der Waals surface area (Å²) in [6.45, 7) is 0. The molecule has 2 atom stereocenters. The second-order valence-corrected chi connectivity index (χ2v) is 4.92. The van der Waals surface area contributed by atoms with Gasteiger partial charge in [-0.1, -0.05) is 0 Å². The zero-order valence-electron chi connectivity index (χ0n) is 12.0. The van der Waals surface area contributed by atoms with Gasteiger partial charge in [0.25, 0.3) is 0 Å². The molecule has 0 saturated heterocycles. The number of carboxylic acid groups (broad SMARTS) is 4. The third-order valence-corrected chi connectivity index (χ3v) is 3.38. The highest BCUT2D eigenvalue weighted by atomic mass is 16.4. The lowest BCUT2D eigenvalue weighted by Crippen LogP contribution is -2.57. The van der Waals surface area contributed by atoms with Crippen molar-refractivity contribution in [2.45, 2.75) is 18.5 Å². The smallest absolute Gasteiger partial charge is 0.353 e. The van der Waals surface area contributed by atoms with Gasteiger partial charge in [0.2, 0.25) is 0 Å². The van der Waals surface area contributed by atoms with E-state index < -0.39 is 48.1 Å². The summed E-state index contributed by atoms with van der Waals surface area (Å²) in [5.41, 5.74) is -0.555. The highest BCUT2D eigenvalue weighted by Gasteiger charge is 2.43. The molecule has 1 aromatic rings. The molecule has 0 saturated carbocycles. The SMILES string of the molecule is O=C(O)C[C@@H](C(=O)O)N1c2ccc(cc2)N=C(C(=O)O)[C@H]1C(=O)O. The summed E-state index contributed by atoms with van der Waals surface area (Å²) in [6, 6.07) is 1.71. The summed E-state index contributed by atoms with van der Waals surface area (Å²) in [6.07, 6.45) is -0.923. The molecule has 2 aliphatic heterocycles. The maximum absolute atomic E-state index is 11.6. The van der Waals surface area contributed by atoms with Crippen molar-refractivity contribution in [3.63, 3.8) is 0 Å². The normalized spacial score (nSPS) is 17.4. The predicted octanol–water partition coefficient (Wildman–Crippen LogP) is 0.0448. The van der Waals surface area contributed by atoms with Gasteiger partial charge < -0.3 is 25.3 Å². The average molecular weight is 336 g/mol. The fourth-order valence-electron chi connectivity index (χ4n) is 2.41. The number of carbonyl (C=O) groups is 4. The van der Waals surface area contributed by atoms with Crippen LogP contribution in [0.4, 0.5) is 11.4 Å². The number of anilines is 1. The van der Waals surface area contributed by atoms with Crippen molar-refractivity contribution in [2.24, 2.45) is 4.99 Å². The predicted molar refractivity (Wildman–Crippen MR) is 78.8 cm³/mol. The first-order chi connectivity index (χ1) is 11.2. The summed E-state index contributed by atoms with van der Waals surface area (Å²) >= 11 is 0. The number of rotatable bonds is 6. The van der Waals surface area contributed by atoms with E-state index in [2.05, 4.69) is 4.99 Å². The van der Waals surface area contributed by atoms with Crippen LogP contribution in [-0.4, -0.2) is 62.1 Å². The molecule has 10 heteroatoms. The number of hydrogen-bond donors (Lipinski definition) is 4. The molecular weight excluding hydrogens is 324 g/mol. The highest BCUT2D eigenvalue weighted by Crippen LogP contribution is 2.29. The molecule has 24 heavy (non-hydrogen) atoms. The van der Waals surface area contributed by atoms with Gasteiger partial charge in [0.15, 0.2) is 11.8 Å². The fourth-order valence-corrected chi connectivity index (χ4v) is 2.41. The molecule has 10 nitrogen and oxygen atoms in total. The van der Waals surface area contributed by atoms with Crippen LogP contribution in [0.3, 0.4) is 0 Å². The summed E-state index contributed by atoms with van der Waals surface area (Å²) < 4.78 is 0. The first kappa shape index (κ1) is 16.9. The highest BCUT2D eigenvalue weighted by molar-refractivity contribution is 6.43. The third-order valence-electron chi connectivity index (χ3n) is 3.38. The van der Waals surface area contributed by atoms with Crippen LogP contribution < -0.4 is 4.90 Å². The average Bonchev–Trinajstić information content (AvgIpc) is 2.45. The van der Waals surface area contributed by atoms with Crippen LogP contribution in [0.15, 0.2) is 29.3 Å². The van der Waals surface area contributed by atoms with E-state index in [4.69, 9.17) is 5.11 Å². The molecule has 0 fully saturated rings. The molecule has 0 radical (unpaired) electrons. The summed E-state index contributed by atoms with van der Waals surface area (Å²) in [7, 11) is 0. The molecule has 0 aliphatic carbocycles. The van der Waals surface area contributed by atoms with Crippen LogP contribution in [0.25, 0.3) is 0 Å². The minimum atomic E-state index is -1.96. The Kier molecular flexibility index (Phi) is 4.49. The topological polar surface area (TPSA) is 165 Å². The summed E-state index contributed by atoms with van der Waals surface area (Å²) in [4.78, 5) is 50.0. The molecule has 0 spiro atoms. The van der Waals surface area contributed by atoms with E-state index >= 15 is 0 Å². The largest absolute Gasteiger partial charge is 0.481 e. The molecule has 4 N–H and O–H groups in total. The van der Waals surface area contributed by atoms with Gasteiger partial charge in [-0.05, 0) is 24.3 Å². The van der Waals surface area contributed by atoms with Gasteiger partial charge in [-0.25, -0.2) is 19.4 Å². The van der Waals surface area contributed by atoms with Crippen LogP contribution in [0.5, 0.6) is 0 Å². The van der Waals surface area contributed by atoms with E-state index in [9.17, 15) is 34.5 Å². The number of hydrogen-bond acceptors (Lipinski definition) is 6. The second kappa shape index (κ2) is 6.36. The standard InChI is InChI=1S/C14H12N2O8/c17-9(18)5-8(12(19)20)16-7-3-1-6(2-4-7)15-10(13(21)22)11(16)14(23)24/h1-4,8,11H,5H2,(H,17,18)(H,19,20)(H,21,22)(H,23,24)/t8-,11-/m0/s1. The van der Waals surface area contributed by atoms with E-state index in [1.54, 1.807) is 0 Å². The lowest BCUT2D eigenvalue weighted by atomic mass is 10.0. The molecule has 2 bridgehead atoms. The Labute approximate surface area is 134 Å². The number of fused-ring (bicyclic) bond motifs is 4. The minimum absolute atomic E-state index is 0.0634. The van der Waals surface area contributed by atoms with Crippen molar-refractivity contribution in [3.8, 4) is 0 Å². The van der Waals surface area contributed by atoms with Gasteiger partial charge in [-0.15, -0.1) is 0 Å². The van der Waals surface area contributed by atoms with Crippen LogP contribution >= 0.6 is 0 Å². The van der Waals surface area contributed by atoms with Crippen LogP contribution in [0, 0.1) is 0 Å². The quantitative estimate of drug-likeness (QED) is 0.561. The van der Waals surface area contributed by atoms with Crippen molar-refractivity contribution in [1.82, 2.24) is 0 Å². The molecule has 126 valence electrons. The van der Waals surface area contributed by atoms with Gasteiger partial charge in [0.1, 0.15) is 6.04 Å². The van der Waals surface area contributed by atoms with Gasteiger partial charge in [-0.2, -0.15) is 0 Å². The number of benzene rings is 1. The number of nitrogens with zero attached hydrogens (tertiary/aromatic N) is 2. The summed E-state index contributed by atoms with van der Waals surface area (Å²) in [5, 5.41) is 37.0. The van der Waals surface area contributed by atoms with Crippen molar-refractivity contribution in [3.05, 3.63) is 24.3 Å². The first-order valence-corrected chi connectivity index (χ1v) is 6.60. The molecule has 0 unspecified atom stereocenters. The maximum atomic E-state index is 11.6. The van der Waals surface area contributed by atoms with E-state index in [0.29, 0.717) is 0 Å². The van der Waals surface area contributed by atoms with Crippen LogP contribution in [0.2, 0.25) is 0 Å². The van der Waals surface area contributed by atoms with Crippen molar-refractivity contribution >= 4 is 41.0 Å². The molecule has 2 heterocycles. The molecule has 3 rings (SSSR count). The Bertz CT molecular complexity index is 740. The van der Waals surface area contributed by atoms with E-state index in [0.717, 1.165) is 4.90 Å². The Hall–Kier alpha value is -3.43. The molecular formula is C14H12N2O8.